The third-order valence-electron chi connectivity index (χ3n) is 3.66. The summed E-state index contributed by atoms with van der Waals surface area (Å²) >= 11 is 0. The fourth-order valence-electron chi connectivity index (χ4n) is 2.79. The molecule has 0 saturated carbocycles. The van der Waals surface area contributed by atoms with Crippen molar-refractivity contribution >= 4 is 5.82 Å². The summed E-state index contributed by atoms with van der Waals surface area (Å²) in [5.74, 6) is 1.70. The van der Waals surface area contributed by atoms with Crippen molar-refractivity contribution < 1.29 is 9.47 Å². The lowest BCUT2D eigenvalue weighted by Gasteiger charge is -2.21. The van der Waals surface area contributed by atoms with Gasteiger partial charge in [-0.05, 0) is 37.8 Å². The first kappa shape index (κ1) is 11.8. The van der Waals surface area contributed by atoms with Crippen LogP contribution in [0.15, 0.2) is 18.3 Å². The zero-order valence-corrected chi connectivity index (χ0v) is 10.8. The Balaban J connectivity index is 1.68. The number of ether oxygens (including phenoxy) is 2. The van der Waals surface area contributed by atoms with Crippen LogP contribution in [0, 0.1) is 0 Å². The number of hydrogen-bond donors (Lipinski definition) is 1. The first-order chi connectivity index (χ1) is 8.86. The first-order valence-corrected chi connectivity index (χ1v) is 6.86. The Hall–Kier alpha value is -1.29. The first-order valence-electron chi connectivity index (χ1n) is 6.86. The van der Waals surface area contributed by atoms with Gasteiger partial charge in [0.1, 0.15) is 0 Å². The van der Waals surface area contributed by atoms with Crippen LogP contribution in [-0.4, -0.2) is 29.8 Å². The molecule has 2 bridgehead atoms. The number of fused-ring (bicyclic) bond motifs is 2. The van der Waals surface area contributed by atoms with Crippen LogP contribution in [0.4, 0.5) is 5.82 Å². The molecule has 98 valence electrons. The molecular formula is C14H20N2O2. The van der Waals surface area contributed by atoms with Crippen molar-refractivity contribution in [3.8, 4) is 5.75 Å². The van der Waals surface area contributed by atoms with Gasteiger partial charge in [-0.25, -0.2) is 4.98 Å². The van der Waals surface area contributed by atoms with Crippen LogP contribution in [0.2, 0.25) is 0 Å². The summed E-state index contributed by atoms with van der Waals surface area (Å²) in [6, 6.07) is 4.27. The largest absolute Gasteiger partial charge is 0.490 e. The summed E-state index contributed by atoms with van der Waals surface area (Å²) in [5, 5.41) is 3.49. The average molecular weight is 248 g/mol. The van der Waals surface area contributed by atoms with E-state index in [9.17, 15) is 0 Å². The van der Waals surface area contributed by atoms with Gasteiger partial charge in [0.15, 0.2) is 11.6 Å². The minimum Gasteiger partial charge on any atom is -0.490 e. The Bertz CT molecular complexity index is 411. The summed E-state index contributed by atoms with van der Waals surface area (Å²) in [4.78, 5) is 4.39. The lowest BCUT2D eigenvalue weighted by Crippen LogP contribution is -2.31. The molecule has 4 heteroatoms. The fourth-order valence-corrected chi connectivity index (χ4v) is 2.79. The molecule has 3 heterocycles. The average Bonchev–Trinajstić information content (AvgIpc) is 3.00. The Morgan fingerprint density at radius 2 is 2.44 bits per heavy atom. The highest BCUT2D eigenvalue weighted by Gasteiger charge is 2.41. The van der Waals surface area contributed by atoms with E-state index in [1.54, 1.807) is 6.20 Å². The molecule has 1 aromatic heterocycles. The number of pyridine rings is 1. The summed E-state index contributed by atoms with van der Waals surface area (Å²) in [5.41, 5.74) is 0. The minimum atomic E-state index is 0.357. The monoisotopic (exact) mass is 248 g/mol. The number of nitrogens with zero attached hydrogens (tertiary/aromatic N) is 1. The molecule has 0 spiro atoms. The number of anilines is 1. The van der Waals surface area contributed by atoms with E-state index in [1.807, 2.05) is 12.1 Å². The van der Waals surface area contributed by atoms with Crippen LogP contribution in [0.5, 0.6) is 5.75 Å². The van der Waals surface area contributed by atoms with Crippen molar-refractivity contribution in [1.29, 1.82) is 0 Å². The van der Waals surface area contributed by atoms with Gasteiger partial charge in [-0.15, -0.1) is 0 Å². The number of aromatic nitrogens is 1. The highest BCUT2D eigenvalue weighted by Crippen LogP contribution is 2.36. The second-order valence-electron chi connectivity index (χ2n) is 5.06. The normalized spacial score (nSPS) is 29.5. The van der Waals surface area contributed by atoms with Crippen molar-refractivity contribution in [2.45, 2.75) is 50.9 Å². The van der Waals surface area contributed by atoms with Crippen LogP contribution < -0.4 is 10.1 Å². The third-order valence-corrected chi connectivity index (χ3v) is 3.66. The van der Waals surface area contributed by atoms with E-state index in [0.29, 0.717) is 18.2 Å². The molecule has 18 heavy (non-hydrogen) atoms. The summed E-state index contributed by atoms with van der Waals surface area (Å²) in [7, 11) is 0. The lowest BCUT2D eigenvalue weighted by atomic mass is 9.95. The molecule has 3 atom stereocenters. The molecule has 2 aliphatic heterocycles. The number of rotatable bonds is 5. The molecule has 2 saturated heterocycles. The maximum absolute atomic E-state index is 5.85. The van der Waals surface area contributed by atoms with E-state index in [-0.39, 0.29) is 0 Å². The van der Waals surface area contributed by atoms with Gasteiger partial charge in [0.05, 0.1) is 24.9 Å². The van der Waals surface area contributed by atoms with E-state index in [0.717, 1.165) is 31.0 Å². The van der Waals surface area contributed by atoms with Crippen LogP contribution in [0.3, 0.4) is 0 Å². The predicted molar refractivity (Wildman–Crippen MR) is 69.9 cm³/mol. The number of nitrogens with one attached hydrogen (secondary N) is 1. The standard InChI is InChI=1S/C14H20N2O2/c1-2-8-17-13-4-3-7-15-14(13)16-11-9-10-5-6-12(11)18-10/h3-4,7,10-12H,2,5-6,8-9H2,1H3,(H,15,16). The van der Waals surface area contributed by atoms with Crippen molar-refractivity contribution in [1.82, 2.24) is 4.98 Å². The van der Waals surface area contributed by atoms with Gasteiger partial charge < -0.3 is 14.8 Å². The topological polar surface area (TPSA) is 43.4 Å². The maximum Gasteiger partial charge on any atom is 0.169 e. The zero-order valence-electron chi connectivity index (χ0n) is 10.8. The van der Waals surface area contributed by atoms with Crippen molar-refractivity contribution in [3.63, 3.8) is 0 Å². The molecule has 0 amide bonds. The molecule has 1 aromatic rings. The van der Waals surface area contributed by atoms with Crippen molar-refractivity contribution in [3.05, 3.63) is 18.3 Å². The van der Waals surface area contributed by atoms with Gasteiger partial charge in [-0.3, -0.25) is 0 Å². The minimum absolute atomic E-state index is 0.357. The summed E-state index contributed by atoms with van der Waals surface area (Å²) < 4.78 is 11.6. The van der Waals surface area contributed by atoms with Crippen molar-refractivity contribution in [2.24, 2.45) is 0 Å². The molecule has 0 aromatic carbocycles. The molecule has 4 nitrogen and oxygen atoms in total. The van der Waals surface area contributed by atoms with Gasteiger partial charge in [0.25, 0.3) is 0 Å². The Morgan fingerprint density at radius 1 is 1.50 bits per heavy atom. The van der Waals surface area contributed by atoms with Gasteiger partial charge in [-0.1, -0.05) is 6.92 Å². The van der Waals surface area contributed by atoms with Crippen LogP contribution in [-0.2, 0) is 4.74 Å². The van der Waals surface area contributed by atoms with Gasteiger partial charge in [0, 0.05) is 6.20 Å². The SMILES string of the molecule is CCCOc1cccnc1NC1CC2CCC1O2. The molecule has 1 N–H and O–H groups in total. The summed E-state index contributed by atoms with van der Waals surface area (Å²) in [6.07, 6.45) is 7.09. The van der Waals surface area contributed by atoms with Gasteiger partial charge >= 0.3 is 0 Å². The molecule has 3 unspecified atom stereocenters. The van der Waals surface area contributed by atoms with Gasteiger partial charge in [-0.2, -0.15) is 0 Å². The van der Waals surface area contributed by atoms with Gasteiger partial charge in [0.2, 0.25) is 0 Å². The maximum atomic E-state index is 5.85. The quantitative estimate of drug-likeness (QED) is 0.870. The Kier molecular flexibility index (Phi) is 3.37. The highest BCUT2D eigenvalue weighted by atomic mass is 16.5. The lowest BCUT2D eigenvalue weighted by molar-refractivity contribution is 0.102. The second kappa shape index (κ2) is 5.14. The van der Waals surface area contributed by atoms with E-state index in [4.69, 9.17) is 9.47 Å². The molecule has 0 aliphatic carbocycles. The molecule has 3 rings (SSSR count). The van der Waals surface area contributed by atoms with E-state index in [2.05, 4.69) is 17.2 Å². The molecule has 2 fully saturated rings. The molecule has 2 aliphatic rings. The Morgan fingerprint density at radius 3 is 3.17 bits per heavy atom. The van der Waals surface area contributed by atoms with Crippen LogP contribution in [0.1, 0.15) is 32.6 Å². The highest BCUT2D eigenvalue weighted by molar-refractivity contribution is 5.50. The smallest absolute Gasteiger partial charge is 0.169 e. The van der Waals surface area contributed by atoms with E-state index in [1.165, 1.54) is 12.8 Å². The summed E-state index contributed by atoms with van der Waals surface area (Å²) in [6.45, 7) is 2.83. The fraction of sp³-hybridized carbons (Fsp3) is 0.643. The van der Waals surface area contributed by atoms with Crippen LogP contribution in [0.25, 0.3) is 0 Å². The molecular weight excluding hydrogens is 228 g/mol. The van der Waals surface area contributed by atoms with E-state index < -0.39 is 0 Å². The zero-order chi connectivity index (χ0) is 12.4. The number of hydrogen-bond acceptors (Lipinski definition) is 4. The molecule has 0 radical (unpaired) electrons. The van der Waals surface area contributed by atoms with E-state index >= 15 is 0 Å². The Labute approximate surface area is 108 Å². The second-order valence-corrected chi connectivity index (χ2v) is 5.06. The third kappa shape index (κ3) is 2.29. The van der Waals surface area contributed by atoms with Crippen LogP contribution >= 0.6 is 0 Å². The predicted octanol–water partition coefficient (Wildman–Crippen LogP) is 2.60. The van der Waals surface area contributed by atoms with Crippen molar-refractivity contribution in [2.75, 3.05) is 11.9 Å².